The zero-order chi connectivity index (χ0) is 10.0. The van der Waals surface area contributed by atoms with Crippen LogP contribution in [0.25, 0.3) is 0 Å². The maximum Gasteiger partial charge on any atom is 0.0886 e. The van der Waals surface area contributed by atoms with Crippen LogP contribution in [0.4, 0.5) is 0 Å². The summed E-state index contributed by atoms with van der Waals surface area (Å²) in [6, 6.07) is -0.157. The molecule has 0 spiro atoms. The number of rotatable bonds is 3. The molecule has 0 radical (unpaired) electrons. The Labute approximate surface area is 83.5 Å². The van der Waals surface area contributed by atoms with Crippen molar-refractivity contribution in [2.45, 2.75) is 30.9 Å². The molecule has 0 aliphatic heterocycles. The van der Waals surface area contributed by atoms with Crippen LogP contribution in [0.5, 0.6) is 0 Å². The highest BCUT2D eigenvalue weighted by molar-refractivity contribution is 5.12. The predicted octanol–water partition coefficient (Wildman–Crippen LogP) is 1.05. The largest absolute Gasteiger partial charge is 0.376 e. The summed E-state index contributed by atoms with van der Waals surface area (Å²) in [6.07, 6.45) is 8.24. The Bertz CT molecular complexity index is 292. The van der Waals surface area contributed by atoms with E-state index in [0.29, 0.717) is 0 Å². The number of hydrogen-bond donors (Lipinski definition) is 1. The molecule has 2 rings (SSSR count). The molecule has 1 aliphatic carbocycles. The Morgan fingerprint density at radius 1 is 1.50 bits per heavy atom. The standard InChI is InChI=1S/C10H15N3O/c1-14-10(3-2-4-10)9(11)8-7-12-5-6-13-8/h5-7,9H,2-4,11H2,1H3. The van der Waals surface area contributed by atoms with Crippen LogP contribution in [0, 0.1) is 0 Å². The number of methoxy groups -OCH3 is 1. The molecular weight excluding hydrogens is 178 g/mol. The summed E-state index contributed by atoms with van der Waals surface area (Å²) in [7, 11) is 1.72. The Morgan fingerprint density at radius 2 is 2.29 bits per heavy atom. The van der Waals surface area contributed by atoms with Gasteiger partial charge in [-0.1, -0.05) is 0 Å². The highest BCUT2D eigenvalue weighted by atomic mass is 16.5. The molecule has 1 aromatic heterocycles. The van der Waals surface area contributed by atoms with E-state index in [2.05, 4.69) is 9.97 Å². The molecule has 0 aromatic carbocycles. The zero-order valence-corrected chi connectivity index (χ0v) is 8.31. The summed E-state index contributed by atoms with van der Waals surface area (Å²) >= 11 is 0. The minimum absolute atomic E-state index is 0.157. The lowest BCUT2D eigenvalue weighted by atomic mass is 9.74. The summed E-state index contributed by atoms with van der Waals surface area (Å²) in [5.41, 5.74) is 6.73. The van der Waals surface area contributed by atoms with Gasteiger partial charge >= 0.3 is 0 Å². The molecule has 76 valence electrons. The van der Waals surface area contributed by atoms with Crippen LogP contribution in [0.1, 0.15) is 31.0 Å². The molecular formula is C10H15N3O. The van der Waals surface area contributed by atoms with Gasteiger partial charge in [-0.05, 0) is 19.3 Å². The molecule has 1 fully saturated rings. The fourth-order valence-corrected chi connectivity index (χ4v) is 1.91. The lowest BCUT2D eigenvalue weighted by Crippen LogP contribution is -2.48. The van der Waals surface area contributed by atoms with Crippen LogP contribution in [0.15, 0.2) is 18.6 Å². The van der Waals surface area contributed by atoms with Gasteiger partial charge in [0.15, 0.2) is 0 Å². The number of hydrogen-bond acceptors (Lipinski definition) is 4. The molecule has 1 heterocycles. The minimum Gasteiger partial charge on any atom is -0.376 e. The quantitative estimate of drug-likeness (QED) is 0.779. The van der Waals surface area contributed by atoms with Gasteiger partial charge in [0.2, 0.25) is 0 Å². The summed E-state index contributed by atoms with van der Waals surface area (Å²) in [5.74, 6) is 0. The van der Waals surface area contributed by atoms with Gasteiger partial charge in [-0.15, -0.1) is 0 Å². The average Bonchev–Trinajstić information content (AvgIpc) is 2.18. The molecule has 14 heavy (non-hydrogen) atoms. The van der Waals surface area contributed by atoms with Crippen molar-refractivity contribution >= 4 is 0 Å². The SMILES string of the molecule is COC1(C(N)c2cnccn2)CCC1. The van der Waals surface area contributed by atoms with E-state index in [9.17, 15) is 0 Å². The predicted molar refractivity (Wildman–Crippen MR) is 52.6 cm³/mol. The van der Waals surface area contributed by atoms with Gasteiger partial charge < -0.3 is 10.5 Å². The number of ether oxygens (including phenoxy) is 1. The molecule has 0 amide bonds. The normalized spacial score (nSPS) is 21.3. The van der Waals surface area contributed by atoms with E-state index < -0.39 is 0 Å². The van der Waals surface area contributed by atoms with Gasteiger partial charge in [0.25, 0.3) is 0 Å². The Balaban J connectivity index is 2.19. The van der Waals surface area contributed by atoms with Crippen LogP contribution in [0.3, 0.4) is 0 Å². The van der Waals surface area contributed by atoms with E-state index in [4.69, 9.17) is 10.5 Å². The summed E-state index contributed by atoms with van der Waals surface area (Å²) in [4.78, 5) is 8.22. The van der Waals surface area contributed by atoms with Gasteiger partial charge in [0.1, 0.15) is 0 Å². The summed E-state index contributed by atoms with van der Waals surface area (Å²) in [5, 5.41) is 0. The summed E-state index contributed by atoms with van der Waals surface area (Å²) in [6.45, 7) is 0. The first-order valence-corrected chi connectivity index (χ1v) is 4.85. The second-order valence-electron chi connectivity index (χ2n) is 3.73. The van der Waals surface area contributed by atoms with E-state index >= 15 is 0 Å². The number of aromatic nitrogens is 2. The lowest BCUT2D eigenvalue weighted by Gasteiger charge is -2.44. The van der Waals surface area contributed by atoms with Crippen LogP contribution < -0.4 is 5.73 Å². The highest BCUT2D eigenvalue weighted by Crippen LogP contribution is 2.42. The molecule has 4 heteroatoms. The second kappa shape index (κ2) is 3.63. The number of nitrogens with zero attached hydrogens (tertiary/aromatic N) is 2. The van der Waals surface area contributed by atoms with E-state index in [-0.39, 0.29) is 11.6 Å². The Hall–Kier alpha value is -1.00. The van der Waals surface area contributed by atoms with Crippen molar-refractivity contribution in [3.05, 3.63) is 24.3 Å². The van der Waals surface area contributed by atoms with Gasteiger partial charge in [0.05, 0.1) is 23.5 Å². The monoisotopic (exact) mass is 193 g/mol. The summed E-state index contributed by atoms with van der Waals surface area (Å²) < 4.78 is 5.50. The first-order valence-electron chi connectivity index (χ1n) is 4.85. The fourth-order valence-electron chi connectivity index (χ4n) is 1.91. The molecule has 1 aliphatic rings. The maximum absolute atomic E-state index is 6.12. The molecule has 2 N–H and O–H groups in total. The third kappa shape index (κ3) is 1.40. The van der Waals surface area contributed by atoms with E-state index in [1.165, 1.54) is 6.42 Å². The van der Waals surface area contributed by atoms with Gasteiger partial charge in [-0.3, -0.25) is 9.97 Å². The van der Waals surface area contributed by atoms with Crippen LogP contribution >= 0.6 is 0 Å². The Morgan fingerprint density at radius 3 is 2.71 bits per heavy atom. The van der Waals surface area contributed by atoms with E-state index in [1.54, 1.807) is 25.7 Å². The smallest absolute Gasteiger partial charge is 0.0886 e. The molecule has 1 saturated carbocycles. The molecule has 4 nitrogen and oxygen atoms in total. The zero-order valence-electron chi connectivity index (χ0n) is 8.31. The first-order chi connectivity index (χ1) is 6.78. The lowest BCUT2D eigenvalue weighted by molar-refractivity contribution is -0.0920. The molecule has 0 saturated heterocycles. The molecule has 1 aromatic rings. The Kier molecular flexibility index (Phi) is 2.48. The first kappa shape index (κ1) is 9.55. The number of nitrogens with two attached hydrogens (primary N) is 1. The molecule has 0 bridgehead atoms. The van der Waals surface area contributed by atoms with Gasteiger partial charge in [-0.2, -0.15) is 0 Å². The fraction of sp³-hybridized carbons (Fsp3) is 0.600. The van der Waals surface area contributed by atoms with Crippen molar-refractivity contribution < 1.29 is 4.74 Å². The highest BCUT2D eigenvalue weighted by Gasteiger charge is 2.44. The van der Waals surface area contributed by atoms with Gasteiger partial charge in [0, 0.05) is 19.5 Å². The third-order valence-corrected chi connectivity index (χ3v) is 3.08. The van der Waals surface area contributed by atoms with Crippen molar-refractivity contribution in [1.82, 2.24) is 9.97 Å². The van der Waals surface area contributed by atoms with Crippen molar-refractivity contribution in [3.8, 4) is 0 Å². The second-order valence-corrected chi connectivity index (χ2v) is 3.73. The minimum atomic E-state index is -0.198. The third-order valence-electron chi connectivity index (χ3n) is 3.08. The van der Waals surface area contributed by atoms with E-state index in [1.807, 2.05) is 0 Å². The van der Waals surface area contributed by atoms with Crippen molar-refractivity contribution in [2.24, 2.45) is 5.73 Å². The topological polar surface area (TPSA) is 61.0 Å². The van der Waals surface area contributed by atoms with Crippen LogP contribution in [-0.4, -0.2) is 22.7 Å². The van der Waals surface area contributed by atoms with Crippen LogP contribution in [-0.2, 0) is 4.74 Å². The van der Waals surface area contributed by atoms with Gasteiger partial charge in [-0.25, -0.2) is 0 Å². The van der Waals surface area contributed by atoms with Crippen molar-refractivity contribution in [3.63, 3.8) is 0 Å². The maximum atomic E-state index is 6.12. The molecule has 1 atom stereocenters. The molecule has 1 unspecified atom stereocenters. The van der Waals surface area contributed by atoms with Crippen molar-refractivity contribution in [2.75, 3.05) is 7.11 Å². The van der Waals surface area contributed by atoms with Crippen LogP contribution in [0.2, 0.25) is 0 Å². The average molecular weight is 193 g/mol. The van der Waals surface area contributed by atoms with Crippen molar-refractivity contribution in [1.29, 1.82) is 0 Å². The van der Waals surface area contributed by atoms with E-state index in [0.717, 1.165) is 18.5 Å².